The Hall–Kier alpha value is 0.600. The second-order valence-electron chi connectivity index (χ2n) is 4.69. The molecule has 0 heterocycles. The highest BCUT2D eigenvalue weighted by Gasteiger charge is 2.52. The van der Waals surface area contributed by atoms with Crippen LogP contribution in [-0.4, -0.2) is 18.8 Å². The van der Waals surface area contributed by atoms with Gasteiger partial charge in [0.1, 0.15) is 10.8 Å². The molecule has 1 atom stereocenters. The number of halogens is 5. The molecule has 2 nitrogen and oxygen atoms in total. The summed E-state index contributed by atoms with van der Waals surface area (Å²) in [7, 11) is 1.60. The first-order chi connectivity index (χ1) is 10.8. The van der Waals surface area contributed by atoms with Gasteiger partial charge in [0, 0.05) is 7.11 Å². The molecule has 0 N–H and O–H groups in total. The number of hydrogen-bond acceptors (Lipinski definition) is 2. The fourth-order valence-electron chi connectivity index (χ4n) is 1.87. The highest BCUT2D eigenvalue weighted by molar-refractivity contribution is 9.30. The average molecular weight is 637 g/mol. The molecule has 2 aromatic carbocycles. The second kappa shape index (κ2) is 8.32. The third kappa shape index (κ3) is 4.82. The minimum atomic E-state index is -0.952. The van der Waals surface area contributed by atoms with Crippen LogP contribution in [0.2, 0.25) is 0 Å². The zero-order chi connectivity index (χ0) is 17.1. The Balaban J connectivity index is 2.27. The van der Waals surface area contributed by atoms with Crippen molar-refractivity contribution < 1.29 is 9.47 Å². The van der Waals surface area contributed by atoms with Crippen LogP contribution in [0.15, 0.2) is 54.6 Å². The monoisotopic (exact) mass is 632 g/mol. The topological polar surface area (TPSA) is 18.5 Å². The summed E-state index contributed by atoms with van der Waals surface area (Å²) >= 11 is 17.7. The van der Waals surface area contributed by atoms with E-state index in [0.717, 1.165) is 11.1 Å². The molecule has 0 saturated heterocycles. The van der Waals surface area contributed by atoms with Crippen LogP contribution < -0.4 is 4.74 Å². The SMILES string of the molecule is COC(Br)C(Br)(Br)C(Br)(Br)Oc1cccc(-c2ccccc2)c1. The summed E-state index contributed by atoms with van der Waals surface area (Å²) in [6.07, 6.45) is 0. The molecule has 23 heavy (non-hydrogen) atoms. The highest BCUT2D eigenvalue weighted by atomic mass is 79.9. The number of rotatable bonds is 6. The van der Waals surface area contributed by atoms with Crippen LogP contribution in [0, 0.1) is 0 Å². The number of ether oxygens (including phenoxy) is 2. The van der Waals surface area contributed by atoms with Gasteiger partial charge in [0.2, 0.25) is 3.42 Å². The van der Waals surface area contributed by atoms with Gasteiger partial charge < -0.3 is 9.47 Å². The summed E-state index contributed by atoms with van der Waals surface area (Å²) < 4.78 is 9.68. The largest absolute Gasteiger partial charge is 0.463 e. The van der Waals surface area contributed by atoms with Crippen LogP contribution in [0.4, 0.5) is 0 Å². The third-order valence-electron chi connectivity index (χ3n) is 3.07. The van der Waals surface area contributed by atoms with Crippen molar-refractivity contribution in [3.8, 4) is 16.9 Å². The maximum absolute atomic E-state index is 6.08. The molecule has 2 rings (SSSR count). The zero-order valence-corrected chi connectivity index (χ0v) is 19.9. The van der Waals surface area contributed by atoms with E-state index in [4.69, 9.17) is 9.47 Å². The lowest BCUT2D eigenvalue weighted by molar-refractivity contribution is 0.136. The molecule has 0 fully saturated rings. The van der Waals surface area contributed by atoms with Crippen molar-refractivity contribution in [1.82, 2.24) is 0 Å². The Morgan fingerprint density at radius 3 is 2.09 bits per heavy atom. The first-order valence-corrected chi connectivity index (χ1v) is 10.6. The van der Waals surface area contributed by atoms with Gasteiger partial charge >= 0.3 is 0 Å². The molecule has 0 aliphatic rings. The minimum Gasteiger partial charge on any atom is -0.463 e. The van der Waals surface area contributed by atoms with Crippen molar-refractivity contribution in [3.63, 3.8) is 0 Å². The fraction of sp³-hybridized carbons (Fsp3) is 0.250. The molecule has 2 aromatic rings. The van der Waals surface area contributed by atoms with E-state index in [0.29, 0.717) is 5.75 Å². The zero-order valence-electron chi connectivity index (χ0n) is 12.0. The minimum absolute atomic E-state index is 0.356. The molecule has 0 aromatic heterocycles. The number of methoxy groups -OCH3 is 1. The molecule has 1 unspecified atom stereocenters. The number of benzene rings is 2. The molecule has 124 valence electrons. The van der Waals surface area contributed by atoms with Crippen LogP contribution in [-0.2, 0) is 4.74 Å². The van der Waals surface area contributed by atoms with Gasteiger partial charge in [-0.15, -0.1) is 0 Å². The molecule has 0 amide bonds. The average Bonchev–Trinajstić information content (AvgIpc) is 2.54. The smallest absolute Gasteiger partial charge is 0.246 e. The molecule has 0 aliphatic heterocycles. The van der Waals surface area contributed by atoms with Gasteiger partial charge in [0.15, 0.2) is 3.23 Å². The van der Waals surface area contributed by atoms with Crippen LogP contribution >= 0.6 is 79.6 Å². The van der Waals surface area contributed by atoms with Gasteiger partial charge in [-0.2, -0.15) is 0 Å². The van der Waals surface area contributed by atoms with Gasteiger partial charge in [-0.3, -0.25) is 0 Å². The Bertz CT molecular complexity index is 646. The third-order valence-corrected chi connectivity index (χ3v) is 11.0. The lowest BCUT2D eigenvalue weighted by atomic mass is 10.1. The highest BCUT2D eigenvalue weighted by Crippen LogP contribution is 2.53. The van der Waals surface area contributed by atoms with Gasteiger partial charge in [-0.1, -0.05) is 90.3 Å². The summed E-state index contributed by atoms with van der Waals surface area (Å²) in [6, 6.07) is 18.0. The van der Waals surface area contributed by atoms with Crippen LogP contribution in [0.25, 0.3) is 11.1 Å². The summed E-state index contributed by atoms with van der Waals surface area (Å²) in [5.74, 6) is 0.708. The predicted molar refractivity (Wildman–Crippen MR) is 113 cm³/mol. The molecule has 0 radical (unpaired) electrons. The summed E-state index contributed by atoms with van der Waals surface area (Å²) in [6.45, 7) is 0. The van der Waals surface area contributed by atoms with E-state index < -0.39 is 6.65 Å². The van der Waals surface area contributed by atoms with Gasteiger partial charge in [-0.05, 0) is 55.1 Å². The Morgan fingerprint density at radius 2 is 1.48 bits per heavy atom. The summed E-state index contributed by atoms with van der Waals surface area (Å²) in [4.78, 5) is 0. The Labute approximate surface area is 178 Å². The van der Waals surface area contributed by atoms with Crippen molar-refractivity contribution in [2.75, 3.05) is 7.11 Å². The summed E-state index contributed by atoms with van der Waals surface area (Å²) in [5.41, 5.74) is 2.21. The molecular weight excluding hydrogens is 624 g/mol. The van der Waals surface area contributed by atoms with E-state index >= 15 is 0 Å². The molecule has 0 spiro atoms. The van der Waals surface area contributed by atoms with E-state index in [2.05, 4.69) is 91.8 Å². The lowest BCUT2D eigenvalue weighted by Crippen LogP contribution is -2.46. The molecule has 0 saturated carbocycles. The van der Waals surface area contributed by atoms with E-state index in [9.17, 15) is 0 Å². The van der Waals surface area contributed by atoms with Gasteiger partial charge in [-0.25, -0.2) is 0 Å². The van der Waals surface area contributed by atoms with Crippen LogP contribution in [0.3, 0.4) is 0 Å². The molecule has 7 heteroatoms. The van der Waals surface area contributed by atoms with Gasteiger partial charge in [0.05, 0.1) is 0 Å². The second-order valence-corrected chi connectivity index (χ2v) is 12.4. The van der Waals surface area contributed by atoms with Gasteiger partial charge in [0.25, 0.3) is 0 Å². The summed E-state index contributed by atoms with van der Waals surface area (Å²) in [5, 5.41) is -0.356. The van der Waals surface area contributed by atoms with Crippen molar-refractivity contribution >= 4 is 79.6 Å². The van der Waals surface area contributed by atoms with Crippen LogP contribution in [0.1, 0.15) is 0 Å². The lowest BCUT2D eigenvalue weighted by Gasteiger charge is -2.37. The predicted octanol–water partition coefficient (Wildman–Crippen LogP) is 7.03. The number of hydrogen-bond donors (Lipinski definition) is 0. The first kappa shape index (κ1) is 19.9. The van der Waals surface area contributed by atoms with E-state index in [1.807, 2.05) is 42.5 Å². The van der Waals surface area contributed by atoms with Crippen molar-refractivity contribution in [3.05, 3.63) is 54.6 Å². The molecule has 0 bridgehead atoms. The molecule has 0 aliphatic carbocycles. The molecular formula is C16H13Br5O2. The van der Waals surface area contributed by atoms with Crippen molar-refractivity contribution in [1.29, 1.82) is 0 Å². The van der Waals surface area contributed by atoms with Crippen molar-refractivity contribution in [2.24, 2.45) is 0 Å². The fourth-order valence-corrected chi connectivity index (χ4v) is 4.13. The first-order valence-electron chi connectivity index (χ1n) is 6.55. The van der Waals surface area contributed by atoms with E-state index in [-0.39, 0.29) is 5.01 Å². The Kier molecular flexibility index (Phi) is 7.21. The van der Waals surface area contributed by atoms with Crippen LogP contribution in [0.5, 0.6) is 5.75 Å². The normalized spacial score (nSPS) is 13.7. The standard InChI is InChI=1S/C16H13Br5O2/c1-22-14(17)15(18,19)16(20,21)23-13-9-5-8-12(10-13)11-6-3-2-4-7-11/h2-10,14H,1H3. The van der Waals surface area contributed by atoms with E-state index in [1.54, 1.807) is 7.11 Å². The Morgan fingerprint density at radius 1 is 0.870 bits per heavy atom. The maximum Gasteiger partial charge on any atom is 0.246 e. The van der Waals surface area contributed by atoms with E-state index in [1.165, 1.54) is 0 Å². The van der Waals surface area contributed by atoms with Crippen molar-refractivity contribution in [2.45, 2.75) is 11.7 Å². The number of alkyl halides is 5. The maximum atomic E-state index is 6.08. The quantitative estimate of drug-likeness (QED) is 0.317.